The van der Waals surface area contributed by atoms with E-state index in [2.05, 4.69) is 86.6 Å². The van der Waals surface area contributed by atoms with Crippen LogP contribution in [0.1, 0.15) is 33.4 Å². The molecular weight excluding hydrogens is 364 g/mol. The Balaban J connectivity index is 1.87. The van der Waals surface area contributed by atoms with E-state index in [1.807, 2.05) is 36.4 Å². The summed E-state index contributed by atoms with van der Waals surface area (Å²) in [5.41, 5.74) is 8.34. The highest BCUT2D eigenvalue weighted by Crippen LogP contribution is 2.16. The van der Waals surface area contributed by atoms with Crippen molar-refractivity contribution in [1.29, 1.82) is 0 Å². The molecule has 0 fully saturated rings. The average molecular weight is 389 g/mol. The second-order valence-corrected chi connectivity index (χ2v) is 7.36. The van der Waals surface area contributed by atoms with Gasteiger partial charge < -0.3 is 0 Å². The lowest BCUT2D eigenvalue weighted by Gasteiger charge is -2.09. The second kappa shape index (κ2) is 9.15. The largest absolute Gasteiger partial charge is 0.149 e. The molecule has 0 aliphatic heterocycles. The fourth-order valence-corrected chi connectivity index (χ4v) is 3.28. The molecule has 146 valence electrons. The Bertz CT molecular complexity index is 1070. The Morgan fingerprint density at radius 1 is 0.400 bits per heavy atom. The number of rotatable bonds is 5. The first-order valence-corrected chi connectivity index (χ1v) is 10.1. The first-order valence-electron chi connectivity index (χ1n) is 10.1. The van der Waals surface area contributed by atoms with Crippen molar-refractivity contribution in [2.75, 3.05) is 0 Å². The molecule has 30 heavy (non-hydrogen) atoms. The molecule has 4 aromatic rings. The van der Waals surface area contributed by atoms with Crippen LogP contribution in [0.3, 0.4) is 0 Å². The molecule has 0 amide bonds. The standard InChI is InChI=1S/C28H24N2/c1-21-13-17-25(18-14-21)28(26-19-15-22(2)16-20-26)30-29-27(23-9-5-3-6-10-23)24-11-7-4-8-12-24/h3-20H,1-2H3. The predicted molar refractivity (Wildman–Crippen MR) is 127 cm³/mol. The predicted octanol–water partition coefficient (Wildman–Crippen LogP) is 6.59. The fourth-order valence-electron chi connectivity index (χ4n) is 3.28. The van der Waals surface area contributed by atoms with Crippen molar-refractivity contribution in [3.8, 4) is 0 Å². The van der Waals surface area contributed by atoms with E-state index >= 15 is 0 Å². The molecule has 0 spiro atoms. The van der Waals surface area contributed by atoms with Gasteiger partial charge in [0.2, 0.25) is 0 Å². The molecule has 0 aromatic heterocycles. The SMILES string of the molecule is Cc1ccc(C(=NN=C(c2ccccc2)c2ccccc2)c2ccc(C)cc2)cc1. The maximum atomic E-state index is 4.78. The van der Waals surface area contributed by atoms with Crippen LogP contribution in [0, 0.1) is 13.8 Å². The van der Waals surface area contributed by atoms with Gasteiger partial charge >= 0.3 is 0 Å². The molecule has 2 nitrogen and oxygen atoms in total. The van der Waals surface area contributed by atoms with Crippen LogP contribution >= 0.6 is 0 Å². The lowest BCUT2D eigenvalue weighted by atomic mass is 10.0. The third kappa shape index (κ3) is 4.61. The van der Waals surface area contributed by atoms with E-state index in [0.29, 0.717) is 0 Å². The highest BCUT2D eigenvalue weighted by Gasteiger charge is 2.10. The van der Waals surface area contributed by atoms with Gasteiger partial charge in [0.25, 0.3) is 0 Å². The molecule has 0 aliphatic rings. The van der Waals surface area contributed by atoms with Crippen LogP contribution in [0.4, 0.5) is 0 Å². The zero-order valence-corrected chi connectivity index (χ0v) is 17.3. The van der Waals surface area contributed by atoms with Crippen molar-refractivity contribution < 1.29 is 0 Å². The van der Waals surface area contributed by atoms with Crippen LogP contribution in [0.5, 0.6) is 0 Å². The molecule has 0 aliphatic carbocycles. The molecule has 0 atom stereocenters. The van der Waals surface area contributed by atoms with Gasteiger partial charge in [-0.1, -0.05) is 120 Å². The zero-order valence-electron chi connectivity index (χ0n) is 17.3. The maximum absolute atomic E-state index is 4.78. The van der Waals surface area contributed by atoms with Crippen molar-refractivity contribution in [2.45, 2.75) is 13.8 Å². The normalized spacial score (nSPS) is 10.3. The third-order valence-corrected chi connectivity index (χ3v) is 4.99. The summed E-state index contributed by atoms with van der Waals surface area (Å²) < 4.78 is 0. The Kier molecular flexibility index (Phi) is 5.95. The van der Waals surface area contributed by atoms with Crippen molar-refractivity contribution in [1.82, 2.24) is 0 Å². The summed E-state index contributed by atoms with van der Waals surface area (Å²) in [5, 5.41) is 9.55. The highest BCUT2D eigenvalue weighted by atomic mass is 15.2. The molecule has 4 rings (SSSR count). The number of hydrogen-bond donors (Lipinski definition) is 0. The summed E-state index contributed by atoms with van der Waals surface area (Å²) in [6, 6.07) is 37.3. The van der Waals surface area contributed by atoms with Crippen molar-refractivity contribution in [2.24, 2.45) is 10.2 Å². The minimum atomic E-state index is 0.855. The number of hydrogen-bond acceptors (Lipinski definition) is 2. The lowest BCUT2D eigenvalue weighted by Crippen LogP contribution is -2.06. The van der Waals surface area contributed by atoms with Crippen molar-refractivity contribution >= 4 is 11.4 Å². The van der Waals surface area contributed by atoms with Gasteiger partial charge in [-0.25, -0.2) is 0 Å². The second-order valence-electron chi connectivity index (χ2n) is 7.36. The molecule has 0 heterocycles. The van der Waals surface area contributed by atoms with Gasteiger partial charge in [-0.05, 0) is 13.8 Å². The number of aryl methyl sites for hydroxylation is 2. The van der Waals surface area contributed by atoms with Gasteiger partial charge in [-0.15, -0.1) is 10.2 Å². The van der Waals surface area contributed by atoms with E-state index in [-0.39, 0.29) is 0 Å². The van der Waals surface area contributed by atoms with Crippen LogP contribution in [0.15, 0.2) is 119 Å². The van der Waals surface area contributed by atoms with E-state index in [1.165, 1.54) is 11.1 Å². The smallest absolute Gasteiger partial charge is 0.100 e. The Morgan fingerprint density at radius 3 is 1.03 bits per heavy atom. The molecule has 4 aromatic carbocycles. The number of benzene rings is 4. The molecule has 0 radical (unpaired) electrons. The van der Waals surface area contributed by atoms with Gasteiger partial charge in [-0.2, -0.15) is 0 Å². The van der Waals surface area contributed by atoms with E-state index in [0.717, 1.165) is 33.7 Å². The minimum Gasteiger partial charge on any atom is -0.149 e. The van der Waals surface area contributed by atoms with Crippen molar-refractivity contribution in [3.63, 3.8) is 0 Å². The monoisotopic (exact) mass is 388 g/mol. The Labute approximate surface area is 178 Å². The zero-order chi connectivity index (χ0) is 20.8. The first kappa shape index (κ1) is 19.5. The lowest BCUT2D eigenvalue weighted by molar-refractivity contribution is 1.22. The third-order valence-electron chi connectivity index (χ3n) is 4.99. The molecule has 0 saturated carbocycles. The van der Waals surface area contributed by atoms with Crippen LogP contribution < -0.4 is 0 Å². The minimum absolute atomic E-state index is 0.855. The summed E-state index contributed by atoms with van der Waals surface area (Å²) >= 11 is 0. The highest BCUT2D eigenvalue weighted by molar-refractivity contribution is 6.15. The number of nitrogens with zero attached hydrogens (tertiary/aromatic N) is 2. The summed E-state index contributed by atoms with van der Waals surface area (Å²) in [5.74, 6) is 0. The topological polar surface area (TPSA) is 24.7 Å². The van der Waals surface area contributed by atoms with E-state index in [9.17, 15) is 0 Å². The molecule has 0 unspecified atom stereocenters. The summed E-state index contributed by atoms with van der Waals surface area (Å²) in [6.45, 7) is 4.18. The van der Waals surface area contributed by atoms with Crippen LogP contribution in [0.25, 0.3) is 0 Å². The van der Waals surface area contributed by atoms with E-state index in [4.69, 9.17) is 10.2 Å². The van der Waals surface area contributed by atoms with E-state index in [1.54, 1.807) is 0 Å². The molecule has 0 N–H and O–H groups in total. The van der Waals surface area contributed by atoms with Gasteiger partial charge in [0, 0.05) is 22.3 Å². The summed E-state index contributed by atoms with van der Waals surface area (Å²) in [4.78, 5) is 0. The van der Waals surface area contributed by atoms with Crippen LogP contribution in [0.2, 0.25) is 0 Å². The van der Waals surface area contributed by atoms with E-state index < -0.39 is 0 Å². The van der Waals surface area contributed by atoms with Gasteiger partial charge in [0.05, 0.1) is 0 Å². The fraction of sp³-hybridized carbons (Fsp3) is 0.0714. The Hall–Kier alpha value is -3.78. The Morgan fingerprint density at radius 2 is 0.700 bits per heavy atom. The average Bonchev–Trinajstić information content (AvgIpc) is 2.80. The van der Waals surface area contributed by atoms with Crippen LogP contribution in [-0.2, 0) is 0 Å². The summed E-state index contributed by atoms with van der Waals surface area (Å²) in [6.07, 6.45) is 0. The summed E-state index contributed by atoms with van der Waals surface area (Å²) in [7, 11) is 0. The van der Waals surface area contributed by atoms with Gasteiger partial charge in [0.15, 0.2) is 0 Å². The molecule has 0 saturated heterocycles. The van der Waals surface area contributed by atoms with Crippen molar-refractivity contribution in [3.05, 3.63) is 143 Å². The van der Waals surface area contributed by atoms with Gasteiger partial charge in [0.1, 0.15) is 11.4 Å². The maximum Gasteiger partial charge on any atom is 0.100 e. The molecule has 2 heteroatoms. The molecule has 0 bridgehead atoms. The van der Waals surface area contributed by atoms with Crippen LogP contribution in [-0.4, -0.2) is 11.4 Å². The first-order chi connectivity index (χ1) is 14.7. The molecular formula is C28H24N2. The van der Waals surface area contributed by atoms with Gasteiger partial charge in [-0.3, -0.25) is 0 Å². The quantitative estimate of drug-likeness (QED) is 0.272.